The van der Waals surface area contributed by atoms with Crippen LogP contribution in [0.3, 0.4) is 0 Å². The van der Waals surface area contributed by atoms with E-state index in [1.54, 1.807) is 0 Å². The summed E-state index contributed by atoms with van der Waals surface area (Å²) in [5.74, 6) is 0. The van der Waals surface area contributed by atoms with Crippen molar-refractivity contribution in [3.8, 4) is 0 Å². The van der Waals surface area contributed by atoms with Crippen molar-refractivity contribution >= 4 is 0 Å². The lowest BCUT2D eigenvalue weighted by Crippen LogP contribution is -1.37. The summed E-state index contributed by atoms with van der Waals surface area (Å²) in [5.41, 5.74) is 0. The van der Waals surface area contributed by atoms with Crippen molar-refractivity contribution in [3.05, 3.63) is 48.6 Å². The third kappa shape index (κ3) is 3.08. The van der Waals surface area contributed by atoms with E-state index < -0.39 is 0 Å². The molecule has 2 aliphatic rings. The van der Waals surface area contributed by atoms with Crippen molar-refractivity contribution in [2.75, 3.05) is 0 Å². The second kappa shape index (κ2) is 4.80. The van der Waals surface area contributed by atoms with E-state index in [4.69, 9.17) is 0 Å². The van der Waals surface area contributed by atoms with Gasteiger partial charge in [-0.2, -0.15) is 0 Å². The smallest absolute Gasteiger partial charge is 0.0163 e. The lowest BCUT2D eigenvalue weighted by molar-refractivity contribution is 1.45. The van der Waals surface area contributed by atoms with Gasteiger partial charge in [0.1, 0.15) is 0 Å². The zero-order valence-electron chi connectivity index (χ0n) is 6.03. The highest BCUT2D eigenvalue weighted by atomic mass is 13.8. The van der Waals surface area contributed by atoms with Gasteiger partial charge in [0.2, 0.25) is 0 Å². The number of hydrogen-bond donors (Lipinski definition) is 0. The summed E-state index contributed by atoms with van der Waals surface area (Å²) < 4.78 is 0. The molecule has 0 aromatic rings. The molecular weight excluding hydrogens is 120 g/mol. The summed E-state index contributed by atoms with van der Waals surface area (Å²) in [7, 11) is 0. The highest BCUT2D eigenvalue weighted by Gasteiger charge is 1.72. The molecule has 0 heteroatoms. The Morgan fingerprint density at radius 2 is 0.800 bits per heavy atom. The molecule has 0 heterocycles. The molecule has 0 N–H and O–H groups in total. The number of rotatable bonds is 0. The second-order valence-electron chi connectivity index (χ2n) is 2.18. The predicted molar refractivity (Wildman–Crippen MR) is 45.8 cm³/mol. The lowest BCUT2D eigenvalue weighted by atomic mass is 10.5. The van der Waals surface area contributed by atoms with Crippen molar-refractivity contribution in [3.63, 3.8) is 0 Å². The Labute approximate surface area is 62.3 Å². The summed E-state index contributed by atoms with van der Waals surface area (Å²) in [5, 5.41) is 0. The van der Waals surface area contributed by atoms with Gasteiger partial charge in [0.05, 0.1) is 0 Å². The first-order valence-electron chi connectivity index (χ1n) is 3.63. The zero-order valence-corrected chi connectivity index (χ0v) is 6.03. The molecule has 10 heavy (non-hydrogen) atoms. The van der Waals surface area contributed by atoms with E-state index in [9.17, 15) is 0 Å². The van der Waals surface area contributed by atoms with Crippen molar-refractivity contribution in [1.29, 1.82) is 0 Å². The van der Waals surface area contributed by atoms with Gasteiger partial charge in [0.15, 0.2) is 0 Å². The van der Waals surface area contributed by atoms with E-state index >= 15 is 0 Å². The molecular formula is C10H12. The molecule has 0 saturated carbocycles. The summed E-state index contributed by atoms with van der Waals surface area (Å²) in [6, 6.07) is 0. The van der Waals surface area contributed by atoms with Crippen LogP contribution in [0.25, 0.3) is 0 Å². The standard InChI is InChI=1S/2C5H6/c2*1-2-4-5-3-1/h2*1-4H,5H2. The van der Waals surface area contributed by atoms with E-state index in [2.05, 4.69) is 48.6 Å². The van der Waals surface area contributed by atoms with Gasteiger partial charge >= 0.3 is 0 Å². The molecule has 0 fully saturated rings. The predicted octanol–water partition coefficient (Wildman–Crippen LogP) is 3.01. The van der Waals surface area contributed by atoms with E-state index in [1.807, 2.05) is 0 Å². The topological polar surface area (TPSA) is 0 Å². The van der Waals surface area contributed by atoms with Gasteiger partial charge in [-0.1, -0.05) is 48.6 Å². The molecule has 2 aliphatic carbocycles. The third-order valence-electron chi connectivity index (χ3n) is 1.31. The Kier molecular flexibility index (Phi) is 3.40. The third-order valence-corrected chi connectivity index (χ3v) is 1.31. The monoisotopic (exact) mass is 132 g/mol. The Balaban J connectivity index is 0.0000001000. The molecule has 0 amide bonds. The normalized spacial score (nSPS) is 17.6. The maximum Gasteiger partial charge on any atom is -0.0163 e. The molecule has 0 saturated heterocycles. The van der Waals surface area contributed by atoms with Gasteiger partial charge < -0.3 is 0 Å². The molecule has 0 aliphatic heterocycles. The molecule has 0 spiro atoms. The fourth-order valence-corrected chi connectivity index (χ4v) is 0.786. The number of allylic oxidation sites excluding steroid dienone is 8. The summed E-state index contributed by atoms with van der Waals surface area (Å²) in [4.78, 5) is 0. The lowest BCUT2D eigenvalue weighted by Gasteiger charge is -1.57. The molecule has 0 aromatic carbocycles. The molecule has 2 rings (SSSR count). The Bertz CT molecular complexity index is 138. The van der Waals surface area contributed by atoms with Crippen LogP contribution in [0.15, 0.2) is 48.6 Å². The molecule has 0 aromatic heterocycles. The Morgan fingerprint density at radius 1 is 0.500 bits per heavy atom. The first kappa shape index (κ1) is 7.07. The molecule has 0 radical (unpaired) electrons. The minimum atomic E-state index is 1.14. The number of hydrogen-bond acceptors (Lipinski definition) is 0. The molecule has 0 atom stereocenters. The van der Waals surface area contributed by atoms with Crippen molar-refractivity contribution in [2.24, 2.45) is 0 Å². The van der Waals surface area contributed by atoms with Gasteiger partial charge in [-0.05, 0) is 12.8 Å². The fraction of sp³-hybridized carbons (Fsp3) is 0.200. The zero-order chi connectivity index (χ0) is 7.07. The fourth-order valence-electron chi connectivity index (χ4n) is 0.786. The van der Waals surface area contributed by atoms with Crippen LogP contribution in [0.5, 0.6) is 0 Å². The molecule has 0 bridgehead atoms. The highest BCUT2D eigenvalue weighted by Crippen LogP contribution is 1.93. The van der Waals surface area contributed by atoms with Gasteiger partial charge in [0, 0.05) is 0 Å². The van der Waals surface area contributed by atoms with Crippen LogP contribution in [0.4, 0.5) is 0 Å². The van der Waals surface area contributed by atoms with Crippen LogP contribution < -0.4 is 0 Å². The minimum Gasteiger partial charge on any atom is -0.0808 e. The van der Waals surface area contributed by atoms with Crippen LogP contribution in [-0.4, -0.2) is 0 Å². The van der Waals surface area contributed by atoms with Crippen LogP contribution >= 0.6 is 0 Å². The van der Waals surface area contributed by atoms with Gasteiger partial charge in [0.25, 0.3) is 0 Å². The van der Waals surface area contributed by atoms with E-state index in [0.717, 1.165) is 12.8 Å². The van der Waals surface area contributed by atoms with Gasteiger partial charge in [-0.3, -0.25) is 0 Å². The second-order valence-corrected chi connectivity index (χ2v) is 2.18. The Hall–Kier alpha value is -1.04. The maximum atomic E-state index is 2.12. The van der Waals surface area contributed by atoms with E-state index in [1.165, 1.54) is 0 Å². The quantitative estimate of drug-likeness (QED) is 0.475. The molecule has 52 valence electrons. The van der Waals surface area contributed by atoms with Crippen molar-refractivity contribution < 1.29 is 0 Å². The van der Waals surface area contributed by atoms with Crippen molar-refractivity contribution in [1.82, 2.24) is 0 Å². The van der Waals surface area contributed by atoms with Crippen LogP contribution in [0, 0.1) is 0 Å². The van der Waals surface area contributed by atoms with Gasteiger partial charge in [-0.25, -0.2) is 0 Å². The maximum absolute atomic E-state index is 2.12. The SMILES string of the molecule is C1=CCC=C1.C1=CCC=C1. The summed E-state index contributed by atoms with van der Waals surface area (Å²) in [6.07, 6.45) is 19.0. The Morgan fingerprint density at radius 3 is 0.900 bits per heavy atom. The summed E-state index contributed by atoms with van der Waals surface area (Å²) >= 11 is 0. The summed E-state index contributed by atoms with van der Waals surface area (Å²) in [6.45, 7) is 0. The molecule has 0 nitrogen and oxygen atoms in total. The minimum absolute atomic E-state index is 1.14. The van der Waals surface area contributed by atoms with Crippen LogP contribution in [0.2, 0.25) is 0 Å². The van der Waals surface area contributed by atoms with E-state index in [-0.39, 0.29) is 0 Å². The molecule has 0 unspecified atom stereocenters. The van der Waals surface area contributed by atoms with Crippen LogP contribution in [-0.2, 0) is 0 Å². The average molecular weight is 132 g/mol. The average Bonchev–Trinajstić information content (AvgIpc) is 2.67. The first-order valence-corrected chi connectivity index (χ1v) is 3.63. The highest BCUT2D eigenvalue weighted by molar-refractivity contribution is 5.12. The van der Waals surface area contributed by atoms with E-state index in [0.29, 0.717) is 0 Å². The van der Waals surface area contributed by atoms with Crippen molar-refractivity contribution in [2.45, 2.75) is 12.8 Å². The van der Waals surface area contributed by atoms with Gasteiger partial charge in [-0.15, -0.1) is 0 Å². The largest absolute Gasteiger partial charge is 0.0808 e. The van der Waals surface area contributed by atoms with Crippen LogP contribution in [0.1, 0.15) is 12.8 Å². The first-order chi connectivity index (χ1) is 5.00.